The van der Waals surface area contributed by atoms with E-state index in [1.54, 1.807) is 0 Å². The molecular formula is C25H18ClF2NO6. The Labute approximate surface area is 203 Å². The molecule has 0 saturated carbocycles. The van der Waals surface area contributed by atoms with Gasteiger partial charge in [-0.15, -0.1) is 0 Å². The first-order chi connectivity index (χ1) is 16.7. The summed E-state index contributed by atoms with van der Waals surface area (Å²) in [6.45, 7) is 0. The lowest BCUT2D eigenvalue weighted by Crippen LogP contribution is -2.30. The van der Waals surface area contributed by atoms with Crippen molar-refractivity contribution in [1.82, 2.24) is 0 Å². The Morgan fingerprint density at radius 2 is 1.71 bits per heavy atom. The van der Waals surface area contributed by atoms with Gasteiger partial charge in [0, 0.05) is 12.1 Å². The van der Waals surface area contributed by atoms with Gasteiger partial charge in [-0.2, -0.15) is 0 Å². The van der Waals surface area contributed by atoms with Crippen molar-refractivity contribution < 1.29 is 38.1 Å². The second-order valence-electron chi connectivity index (χ2n) is 7.55. The number of phenols is 1. The summed E-state index contributed by atoms with van der Waals surface area (Å²) in [6, 6.07) is 9.38. The number of ketones is 1. The Bertz CT molecular complexity index is 1390. The molecule has 1 aliphatic heterocycles. The number of amides is 1. The quantitative estimate of drug-likeness (QED) is 0.291. The summed E-state index contributed by atoms with van der Waals surface area (Å²) < 4.78 is 38.8. The number of phenolic OH excluding ortho intramolecular Hbond substituents is 1. The highest BCUT2D eigenvalue weighted by Crippen LogP contribution is 2.45. The van der Waals surface area contributed by atoms with Crippen LogP contribution < -0.4 is 14.4 Å². The van der Waals surface area contributed by atoms with Gasteiger partial charge in [-0.3, -0.25) is 14.5 Å². The Kier molecular flexibility index (Phi) is 6.36. The highest BCUT2D eigenvalue weighted by molar-refractivity contribution is 6.51. The van der Waals surface area contributed by atoms with Crippen molar-refractivity contribution in [1.29, 1.82) is 0 Å². The fraction of sp³-hybridized carbons (Fsp3) is 0.120. The topological polar surface area (TPSA) is 96.3 Å². The number of benzene rings is 3. The van der Waals surface area contributed by atoms with E-state index in [4.69, 9.17) is 21.1 Å². The molecule has 4 rings (SSSR count). The third kappa shape index (κ3) is 4.15. The van der Waals surface area contributed by atoms with Gasteiger partial charge in [0.25, 0.3) is 11.7 Å². The van der Waals surface area contributed by atoms with Gasteiger partial charge in [0.15, 0.2) is 0 Å². The van der Waals surface area contributed by atoms with Crippen LogP contribution in [0.25, 0.3) is 5.76 Å². The van der Waals surface area contributed by atoms with Crippen LogP contribution >= 0.6 is 11.6 Å². The molecule has 1 amide bonds. The third-order valence-corrected chi connectivity index (χ3v) is 5.82. The summed E-state index contributed by atoms with van der Waals surface area (Å²) in [4.78, 5) is 27.1. The molecule has 35 heavy (non-hydrogen) atoms. The largest absolute Gasteiger partial charge is 0.508 e. The molecule has 0 spiro atoms. The summed E-state index contributed by atoms with van der Waals surface area (Å²) >= 11 is 6.21. The van der Waals surface area contributed by atoms with Crippen molar-refractivity contribution in [2.24, 2.45) is 0 Å². The lowest BCUT2D eigenvalue weighted by atomic mass is 9.94. The smallest absolute Gasteiger partial charge is 0.300 e. The number of aliphatic hydroxyl groups excluding tert-OH is 1. The summed E-state index contributed by atoms with van der Waals surface area (Å²) in [6.07, 6.45) is 0. The van der Waals surface area contributed by atoms with Gasteiger partial charge in [0.1, 0.15) is 34.6 Å². The maximum Gasteiger partial charge on any atom is 0.300 e. The maximum absolute atomic E-state index is 14.8. The number of hydrogen-bond donors (Lipinski definition) is 2. The van der Waals surface area contributed by atoms with Crippen LogP contribution in [-0.2, 0) is 9.59 Å². The van der Waals surface area contributed by atoms with E-state index < -0.39 is 40.7 Å². The Morgan fingerprint density at radius 1 is 1.00 bits per heavy atom. The van der Waals surface area contributed by atoms with Crippen LogP contribution in [0.4, 0.5) is 14.5 Å². The molecule has 0 bridgehead atoms. The van der Waals surface area contributed by atoms with E-state index >= 15 is 0 Å². The molecule has 3 aromatic rings. The predicted molar refractivity (Wildman–Crippen MR) is 124 cm³/mol. The lowest BCUT2D eigenvalue weighted by molar-refractivity contribution is -0.132. The average Bonchev–Trinajstić information content (AvgIpc) is 3.09. The van der Waals surface area contributed by atoms with Gasteiger partial charge >= 0.3 is 0 Å². The minimum atomic E-state index is -1.37. The lowest BCUT2D eigenvalue weighted by Gasteiger charge is -2.26. The van der Waals surface area contributed by atoms with E-state index in [9.17, 15) is 28.6 Å². The fourth-order valence-corrected chi connectivity index (χ4v) is 4.20. The van der Waals surface area contributed by atoms with Crippen molar-refractivity contribution in [3.8, 4) is 17.2 Å². The summed E-state index contributed by atoms with van der Waals surface area (Å²) in [5.74, 6) is -4.80. The van der Waals surface area contributed by atoms with Gasteiger partial charge in [-0.25, -0.2) is 8.78 Å². The number of halogens is 3. The second-order valence-corrected chi connectivity index (χ2v) is 7.95. The van der Waals surface area contributed by atoms with Gasteiger partial charge < -0.3 is 19.7 Å². The molecule has 1 heterocycles. The highest BCUT2D eigenvalue weighted by atomic mass is 35.5. The molecule has 1 atom stereocenters. The molecule has 7 nitrogen and oxygen atoms in total. The van der Waals surface area contributed by atoms with Crippen LogP contribution in [-0.4, -0.2) is 36.1 Å². The Balaban J connectivity index is 2.02. The van der Waals surface area contributed by atoms with E-state index in [0.717, 1.165) is 17.0 Å². The molecule has 0 radical (unpaired) electrons. The van der Waals surface area contributed by atoms with Crippen molar-refractivity contribution in [3.63, 3.8) is 0 Å². The summed E-state index contributed by atoms with van der Waals surface area (Å²) in [5.41, 5.74) is -0.640. The van der Waals surface area contributed by atoms with Crippen LogP contribution in [0.3, 0.4) is 0 Å². The van der Waals surface area contributed by atoms with Crippen molar-refractivity contribution >= 4 is 34.7 Å². The number of carbonyl (C=O) groups is 2. The molecule has 180 valence electrons. The fourth-order valence-electron chi connectivity index (χ4n) is 3.96. The molecule has 0 aliphatic carbocycles. The molecule has 1 fully saturated rings. The van der Waals surface area contributed by atoms with E-state index in [1.165, 1.54) is 50.6 Å². The maximum atomic E-state index is 14.8. The van der Waals surface area contributed by atoms with Crippen LogP contribution in [0.5, 0.6) is 17.2 Å². The van der Waals surface area contributed by atoms with Crippen LogP contribution in [0.2, 0.25) is 5.02 Å². The molecule has 1 saturated heterocycles. The van der Waals surface area contributed by atoms with E-state index in [2.05, 4.69) is 0 Å². The van der Waals surface area contributed by atoms with Gasteiger partial charge in [0.2, 0.25) is 0 Å². The zero-order chi connectivity index (χ0) is 25.4. The minimum absolute atomic E-state index is 0.0268. The molecule has 2 N–H and O–H groups in total. The first-order valence-electron chi connectivity index (χ1n) is 10.1. The van der Waals surface area contributed by atoms with E-state index in [1.807, 2.05) is 0 Å². The average molecular weight is 502 g/mol. The van der Waals surface area contributed by atoms with Gasteiger partial charge in [0.05, 0.1) is 42.1 Å². The Hall–Kier alpha value is -4.11. The zero-order valence-corrected chi connectivity index (χ0v) is 19.1. The predicted octanol–water partition coefficient (Wildman–Crippen LogP) is 4.97. The number of rotatable bonds is 5. The van der Waals surface area contributed by atoms with Gasteiger partial charge in [-0.05, 0) is 35.9 Å². The molecule has 3 aromatic carbocycles. The number of carbonyl (C=O) groups excluding carboxylic acids is 2. The van der Waals surface area contributed by atoms with E-state index in [0.29, 0.717) is 6.07 Å². The molecular weight excluding hydrogens is 484 g/mol. The molecule has 1 aliphatic rings. The normalized spacial score (nSPS) is 17.1. The monoisotopic (exact) mass is 501 g/mol. The second kappa shape index (κ2) is 9.27. The van der Waals surface area contributed by atoms with Crippen molar-refractivity contribution in [2.75, 3.05) is 19.1 Å². The standard InChI is InChI=1S/C25H18ClF2NO6/c1-34-19-11-20(35-2)16(26)10-15(19)23(31)21-22(12-4-3-5-14(30)8-12)29(25(33)24(21)32)18-7-6-13(27)9-17(18)28/h3-11,22,30-31H,1-2H3/b23-21+. The van der Waals surface area contributed by atoms with E-state index in [-0.39, 0.29) is 39.1 Å². The number of hydrogen-bond acceptors (Lipinski definition) is 6. The first kappa shape index (κ1) is 24.0. The van der Waals surface area contributed by atoms with Crippen molar-refractivity contribution in [3.05, 3.63) is 88.0 Å². The number of anilines is 1. The third-order valence-electron chi connectivity index (χ3n) is 5.53. The number of nitrogens with zero attached hydrogens (tertiary/aromatic N) is 1. The van der Waals surface area contributed by atoms with Gasteiger partial charge in [-0.1, -0.05) is 23.7 Å². The molecule has 10 heteroatoms. The van der Waals surface area contributed by atoms with Crippen molar-refractivity contribution in [2.45, 2.75) is 6.04 Å². The van der Waals surface area contributed by atoms with Crippen LogP contribution in [0.15, 0.2) is 60.2 Å². The number of ether oxygens (including phenoxy) is 2. The number of aliphatic hydroxyl groups is 1. The number of Topliss-reactive ketones (excluding diaryl/α,β-unsaturated/α-hetero) is 1. The summed E-state index contributed by atoms with van der Waals surface area (Å²) in [7, 11) is 2.70. The van der Waals surface area contributed by atoms with Crippen LogP contribution in [0, 0.1) is 11.6 Å². The summed E-state index contributed by atoms with van der Waals surface area (Å²) in [5, 5.41) is 21.4. The first-order valence-corrected chi connectivity index (χ1v) is 10.5. The Morgan fingerprint density at radius 3 is 2.34 bits per heavy atom. The minimum Gasteiger partial charge on any atom is -0.508 e. The highest BCUT2D eigenvalue weighted by Gasteiger charge is 2.48. The zero-order valence-electron chi connectivity index (χ0n) is 18.4. The molecule has 0 aromatic heterocycles. The number of methoxy groups -OCH3 is 2. The molecule has 1 unspecified atom stereocenters. The number of aromatic hydroxyl groups is 1. The van der Waals surface area contributed by atoms with Crippen LogP contribution in [0.1, 0.15) is 17.2 Å². The SMILES string of the molecule is COc1cc(OC)c(/C(O)=C2\C(=O)C(=O)N(c3ccc(F)cc3F)C2c2cccc(O)c2)cc1Cl.